The summed E-state index contributed by atoms with van der Waals surface area (Å²) in [5.74, 6) is -0.0386. The summed E-state index contributed by atoms with van der Waals surface area (Å²) in [6.07, 6.45) is 3.32. The Labute approximate surface area is 102 Å². The van der Waals surface area contributed by atoms with Crippen LogP contribution >= 0.6 is 0 Å². The number of rotatable bonds is 8. The molecule has 1 aliphatic carbocycles. The summed E-state index contributed by atoms with van der Waals surface area (Å²) in [5, 5.41) is 14.6. The molecule has 0 aliphatic heterocycles. The van der Waals surface area contributed by atoms with Crippen LogP contribution in [0.25, 0.3) is 0 Å². The van der Waals surface area contributed by atoms with E-state index in [0.29, 0.717) is 32.4 Å². The van der Waals surface area contributed by atoms with Crippen LogP contribution in [0.4, 0.5) is 0 Å². The van der Waals surface area contributed by atoms with Crippen molar-refractivity contribution < 1.29 is 14.7 Å². The smallest absolute Gasteiger partial charge is 0.220 e. The van der Waals surface area contributed by atoms with Gasteiger partial charge in [-0.1, -0.05) is 0 Å². The largest absolute Gasteiger partial charge is 0.396 e. The fourth-order valence-electron chi connectivity index (χ4n) is 1.64. The first kappa shape index (κ1) is 14.0. The van der Waals surface area contributed by atoms with Crippen LogP contribution in [0.2, 0.25) is 0 Å². The van der Waals surface area contributed by atoms with Crippen molar-refractivity contribution in [3.63, 3.8) is 0 Å². The molecule has 0 aromatic rings. The van der Waals surface area contributed by atoms with Crippen LogP contribution in [0, 0.1) is 5.41 Å². The van der Waals surface area contributed by atoms with E-state index >= 15 is 0 Å². The number of nitrogens with one attached hydrogen (secondary N) is 2. The molecule has 0 aromatic carbocycles. The van der Waals surface area contributed by atoms with E-state index in [1.165, 1.54) is 0 Å². The predicted octanol–water partition coefficient (Wildman–Crippen LogP) is 0.182. The summed E-state index contributed by atoms with van der Waals surface area (Å²) in [6, 6.07) is 0. The summed E-state index contributed by atoms with van der Waals surface area (Å²) in [5.41, 5.74) is -0.0464. The maximum atomic E-state index is 11.4. The van der Waals surface area contributed by atoms with E-state index in [9.17, 15) is 9.59 Å². The fraction of sp³-hybridized carbons (Fsp3) is 0.833. The molecular weight excluding hydrogens is 220 g/mol. The van der Waals surface area contributed by atoms with Gasteiger partial charge in [-0.25, -0.2) is 0 Å². The summed E-state index contributed by atoms with van der Waals surface area (Å²) >= 11 is 0. The molecule has 5 heteroatoms. The standard InChI is InChI=1S/C12H22N2O3/c1-2-13-10(16)4-3-5-11(17)14-8-12(9-15)6-7-12/h15H,2-9H2,1H3,(H,13,16)(H,14,17). The molecule has 1 rings (SSSR count). The quantitative estimate of drug-likeness (QED) is 0.568. The Kier molecular flexibility index (Phi) is 5.41. The first-order chi connectivity index (χ1) is 8.12. The van der Waals surface area contributed by atoms with Crippen molar-refractivity contribution in [1.29, 1.82) is 0 Å². The van der Waals surface area contributed by atoms with Gasteiger partial charge < -0.3 is 15.7 Å². The van der Waals surface area contributed by atoms with Crippen LogP contribution in [-0.4, -0.2) is 36.6 Å². The molecule has 0 bridgehead atoms. The van der Waals surface area contributed by atoms with Crippen molar-refractivity contribution in [3.8, 4) is 0 Å². The zero-order chi connectivity index (χ0) is 12.7. The lowest BCUT2D eigenvalue weighted by Crippen LogP contribution is -2.32. The van der Waals surface area contributed by atoms with Crippen LogP contribution < -0.4 is 10.6 Å². The van der Waals surface area contributed by atoms with E-state index in [1.807, 2.05) is 6.92 Å². The van der Waals surface area contributed by atoms with Gasteiger partial charge in [-0.2, -0.15) is 0 Å². The number of amides is 2. The molecule has 2 amide bonds. The fourth-order valence-corrected chi connectivity index (χ4v) is 1.64. The first-order valence-corrected chi connectivity index (χ1v) is 6.26. The van der Waals surface area contributed by atoms with Crippen LogP contribution in [0.15, 0.2) is 0 Å². The molecule has 0 radical (unpaired) electrons. The molecule has 1 aliphatic rings. The van der Waals surface area contributed by atoms with Gasteiger partial charge in [-0.05, 0) is 26.2 Å². The highest BCUT2D eigenvalue weighted by molar-refractivity contribution is 5.78. The SMILES string of the molecule is CCNC(=O)CCCC(=O)NCC1(CO)CC1. The second-order valence-corrected chi connectivity index (χ2v) is 4.74. The topological polar surface area (TPSA) is 78.4 Å². The number of hydrogen-bond acceptors (Lipinski definition) is 3. The van der Waals surface area contributed by atoms with Crippen LogP contribution in [0.1, 0.15) is 39.0 Å². The normalized spacial score (nSPS) is 16.4. The lowest BCUT2D eigenvalue weighted by molar-refractivity contribution is -0.122. The third-order valence-electron chi connectivity index (χ3n) is 3.13. The van der Waals surface area contributed by atoms with E-state index in [0.717, 1.165) is 12.8 Å². The monoisotopic (exact) mass is 242 g/mol. The molecule has 0 aromatic heterocycles. The van der Waals surface area contributed by atoms with E-state index < -0.39 is 0 Å². The first-order valence-electron chi connectivity index (χ1n) is 6.26. The van der Waals surface area contributed by atoms with Gasteiger partial charge in [-0.3, -0.25) is 9.59 Å². The third kappa shape index (κ3) is 5.17. The number of carbonyl (C=O) groups excluding carboxylic acids is 2. The molecular formula is C12H22N2O3. The van der Waals surface area contributed by atoms with Crippen molar-refractivity contribution in [1.82, 2.24) is 10.6 Å². The summed E-state index contributed by atoms with van der Waals surface area (Å²) in [4.78, 5) is 22.6. The molecule has 17 heavy (non-hydrogen) atoms. The average Bonchev–Trinajstić information content (AvgIpc) is 3.07. The van der Waals surface area contributed by atoms with Crippen molar-refractivity contribution in [2.75, 3.05) is 19.7 Å². The van der Waals surface area contributed by atoms with Gasteiger partial charge in [0, 0.05) is 31.3 Å². The van der Waals surface area contributed by atoms with E-state index in [2.05, 4.69) is 10.6 Å². The lowest BCUT2D eigenvalue weighted by atomic mass is 10.1. The van der Waals surface area contributed by atoms with Crippen LogP contribution in [-0.2, 0) is 9.59 Å². The van der Waals surface area contributed by atoms with Gasteiger partial charge in [0.15, 0.2) is 0 Å². The highest BCUT2D eigenvalue weighted by atomic mass is 16.3. The minimum absolute atomic E-state index is 0.00526. The van der Waals surface area contributed by atoms with Crippen LogP contribution in [0.5, 0.6) is 0 Å². The second kappa shape index (κ2) is 6.59. The molecule has 1 fully saturated rings. The minimum Gasteiger partial charge on any atom is -0.396 e. The summed E-state index contributed by atoms with van der Waals surface area (Å²) < 4.78 is 0. The molecule has 0 spiro atoms. The minimum atomic E-state index is -0.0464. The van der Waals surface area contributed by atoms with Gasteiger partial charge in [0.05, 0.1) is 6.61 Å². The predicted molar refractivity (Wildman–Crippen MR) is 64.3 cm³/mol. The van der Waals surface area contributed by atoms with Crippen molar-refractivity contribution in [2.24, 2.45) is 5.41 Å². The third-order valence-corrected chi connectivity index (χ3v) is 3.13. The van der Waals surface area contributed by atoms with Gasteiger partial charge in [0.2, 0.25) is 11.8 Å². The maximum Gasteiger partial charge on any atom is 0.220 e. The zero-order valence-corrected chi connectivity index (χ0v) is 10.4. The Hall–Kier alpha value is -1.10. The Bertz CT molecular complexity index is 275. The van der Waals surface area contributed by atoms with E-state index in [4.69, 9.17) is 5.11 Å². The van der Waals surface area contributed by atoms with Crippen molar-refractivity contribution in [2.45, 2.75) is 39.0 Å². The number of carbonyl (C=O) groups is 2. The number of aliphatic hydroxyl groups excluding tert-OH is 1. The highest BCUT2D eigenvalue weighted by Gasteiger charge is 2.41. The summed E-state index contributed by atoms with van der Waals surface area (Å²) in [6.45, 7) is 3.20. The highest BCUT2D eigenvalue weighted by Crippen LogP contribution is 2.44. The Morgan fingerprint density at radius 2 is 1.76 bits per heavy atom. The zero-order valence-electron chi connectivity index (χ0n) is 10.4. The Morgan fingerprint density at radius 1 is 1.18 bits per heavy atom. The number of aliphatic hydroxyl groups is 1. The number of hydrogen-bond donors (Lipinski definition) is 3. The van der Waals surface area contributed by atoms with Crippen molar-refractivity contribution in [3.05, 3.63) is 0 Å². The van der Waals surface area contributed by atoms with Gasteiger partial charge in [-0.15, -0.1) is 0 Å². The molecule has 0 atom stereocenters. The van der Waals surface area contributed by atoms with E-state index in [1.54, 1.807) is 0 Å². The van der Waals surface area contributed by atoms with Crippen molar-refractivity contribution >= 4 is 11.8 Å². The molecule has 0 saturated heterocycles. The average molecular weight is 242 g/mol. The molecule has 98 valence electrons. The maximum absolute atomic E-state index is 11.4. The Balaban J connectivity index is 2.03. The van der Waals surface area contributed by atoms with Gasteiger partial charge in [0.1, 0.15) is 0 Å². The molecule has 5 nitrogen and oxygen atoms in total. The molecule has 3 N–H and O–H groups in total. The van der Waals surface area contributed by atoms with Gasteiger partial charge in [0.25, 0.3) is 0 Å². The summed E-state index contributed by atoms with van der Waals surface area (Å²) in [7, 11) is 0. The van der Waals surface area contributed by atoms with E-state index in [-0.39, 0.29) is 23.8 Å². The van der Waals surface area contributed by atoms with Crippen LogP contribution in [0.3, 0.4) is 0 Å². The molecule has 1 saturated carbocycles. The lowest BCUT2D eigenvalue weighted by Gasteiger charge is -2.12. The molecule has 0 heterocycles. The van der Waals surface area contributed by atoms with Gasteiger partial charge >= 0.3 is 0 Å². The second-order valence-electron chi connectivity index (χ2n) is 4.74. The Morgan fingerprint density at radius 3 is 2.24 bits per heavy atom. The molecule has 0 unspecified atom stereocenters.